The number of pyridine rings is 1. The minimum absolute atomic E-state index is 0.640. The predicted octanol–water partition coefficient (Wildman–Crippen LogP) is 1.77. The Morgan fingerprint density at radius 1 is 1.53 bits per heavy atom. The molecule has 0 bridgehead atoms. The predicted molar refractivity (Wildman–Crippen MR) is 60.1 cm³/mol. The first-order valence-corrected chi connectivity index (χ1v) is 5.62. The molecule has 1 aliphatic rings. The van der Waals surface area contributed by atoms with Gasteiger partial charge in [-0.3, -0.25) is 0 Å². The molecule has 0 radical (unpaired) electrons. The third kappa shape index (κ3) is 3.20. The molecule has 0 aromatic carbocycles. The molecular weight excluding hydrogens is 188 g/mol. The molecule has 1 aliphatic heterocycles. The summed E-state index contributed by atoms with van der Waals surface area (Å²) in [6.07, 6.45) is 2.52. The van der Waals surface area contributed by atoms with Crippen molar-refractivity contribution in [1.29, 1.82) is 0 Å². The van der Waals surface area contributed by atoms with E-state index in [1.807, 2.05) is 25.1 Å². The quantitative estimate of drug-likeness (QED) is 0.818. The van der Waals surface area contributed by atoms with Crippen LogP contribution in [0, 0.1) is 12.8 Å². The molecule has 2 rings (SSSR count). The van der Waals surface area contributed by atoms with Crippen LogP contribution >= 0.6 is 0 Å². The second-order valence-electron chi connectivity index (χ2n) is 4.14. The number of ether oxygens (including phenoxy) is 1. The van der Waals surface area contributed by atoms with Gasteiger partial charge in [-0.15, -0.1) is 0 Å². The molecule has 82 valence electrons. The molecule has 0 aliphatic carbocycles. The van der Waals surface area contributed by atoms with Crippen LogP contribution < -0.4 is 10.1 Å². The summed E-state index contributed by atoms with van der Waals surface area (Å²) in [6.45, 7) is 4.99. The molecular formula is C12H18N2O. The summed E-state index contributed by atoms with van der Waals surface area (Å²) in [5.41, 5.74) is 1.01. The molecule has 1 saturated heterocycles. The fourth-order valence-corrected chi connectivity index (χ4v) is 1.87. The van der Waals surface area contributed by atoms with Crippen LogP contribution in [0.15, 0.2) is 18.2 Å². The lowest BCUT2D eigenvalue weighted by Crippen LogP contribution is -2.33. The van der Waals surface area contributed by atoms with Gasteiger partial charge < -0.3 is 10.1 Å². The van der Waals surface area contributed by atoms with Crippen molar-refractivity contribution in [3.8, 4) is 5.88 Å². The van der Waals surface area contributed by atoms with Crippen molar-refractivity contribution in [3.63, 3.8) is 0 Å². The number of hydrogen-bond acceptors (Lipinski definition) is 3. The van der Waals surface area contributed by atoms with Crippen molar-refractivity contribution in [3.05, 3.63) is 23.9 Å². The van der Waals surface area contributed by atoms with Gasteiger partial charge in [0, 0.05) is 24.2 Å². The summed E-state index contributed by atoms with van der Waals surface area (Å²) < 4.78 is 5.68. The van der Waals surface area contributed by atoms with E-state index in [1.54, 1.807) is 0 Å². The Labute approximate surface area is 90.9 Å². The number of piperidine rings is 1. The minimum Gasteiger partial charge on any atom is -0.477 e. The lowest BCUT2D eigenvalue weighted by molar-refractivity contribution is 0.212. The van der Waals surface area contributed by atoms with E-state index in [2.05, 4.69) is 10.3 Å². The van der Waals surface area contributed by atoms with Gasteiger partial charge in [-0.1, -0.05) is 6.07 Å². The number of nitrogens with zero attached hydrogens (tertiary/aromatic N) is 1. The average molecular weight is 206 g/mol. The van der Waals surface area contributed by atoms with Crippen LogP contribution in [-0.2, 0) is 0 Å². The van der Waals surface area contributed by atoms with Crippen LogP contribution in [0.1, 0.15) is 18.5 Å². The maximum Gasteiger partial charge on any atom is 0.213 e. The summed E-state index contributed by atoms with van der Waals surface area (Å²) in [5, 5.41) is 3.38. The SMILES string of the molecule is Cc1cccc(OCC2CCCNC2)n1. The largest absolute Gasteiger partial charge is 0.477 e. The minimum atomic E-state index is 0.640. The van der Waals surface area contributed by atoms with Crippen LogP contribution in [0.25, 0.3) is 0 Å². The van der Waals surface area contributed by atoms with Gasteiger partial charge in [0.05, 0.1) is 6.61 Å². The Bertz CT molecular complexity index is 308. The molecule has 0 spiro atoms. The summed E-state index contributed by atoms with van der Waals surface area (Å²) in [5.74, 6) is 1.39. The van der Waals surface area contributed by atoms with Crippen molar-refractivity contribution >= 4 is 0 Å². The average Bonchev–Trinajstić information content (AvgIpc) is 2.28. The van der Waals surface area contributed by atoms with E-state index >= 15 is 0 Å². The first kappa shape index (κ1) is 10.4. The van der Waals surface area contributed by atoms with Gasteiger partial charge in [0.15, 0.2) is 0 Å². The van der Waals surface area contributed by atoms with Crippen LogP contribution in [0.4, 0.5) is 0 Å². The van der Waals surface area contributed by atoms with Gasteiger partial charge in [0.25, 0.3) is 0 Å². The van der Waals surface area contributed by atoms with E-state index in [0.29, 0.717) is 5.92 Å². The first-order valence-electron chi connectivity index (χ1n) is 5.62. The van der Waals surface area contributed by atoms with Crippen molar-refractivity contribution in [1.82, 2.24) is 10.3 Å². The Hall–Kier alpha value is -1.09. The molecule has 15 heavy (non-hydrogen) atoms. The molecule has 1 N–H and O–H groups in total. The van der Waals surface area contributed by atoms with Gasteiger partial charge in [0.1, 0.15) is 0 Å². The number of rotatable bonds is 3. The standard InChI is InChI=1S/C12H18N2O/c1-10-4-2-6-12(14-10)15-9-11-5-3-7-13-8-11/h2,4,6,11,13H,3,5,7-9H2,1H3. The van der Waals surface area contributed by atoms with E-state index < -0.39 is 0 Å². The van der Waals surface area contributed by atoms with E-state index in [4.69, 9.17) is 4.74 Å². The van der Waals surface area contributed by atoms with Gasteiger partial charge in [-0.2, -0.15) is 0 Å². The molecule has 3 heteroatoms. The lowest BCUT2D eigenvalue weighted by Gasteiger charge is -2.22. The van der Waals surface area contributed by atoms with E-state index in [-0.39, 0.29) is 0 Å². The lowest BCUT2D eigenvalue weighted by atomic mass is 10.0. The molecule has 1 aromatic heterocycles. The van der Waals surface area contributed by atoms with Crippen molar-refractivity contribution in [2.45, 2.75) is 19.8 Å². The second-order valence-corrected chi connectivity index (χ2v) is 4.14. The van der Waals surface area contributed by atoms with Crippen molar-refractivity contribution in [2.75, 3.05) is 19.7 Å². The van der Waals surface area contributed by atoms with Gasteiger partial charge in [-0.05, 0) is 32.4 Å². The highest BCUT2D eigenvalue weighted by Gasteiger charge is 2.13. The highest BCUT2D eigenvalue weighted by molar-refractivity contribution is 5.14. The summed E-state index contributed by atoms with van der Waals surface area (Å²) >= 11 is 0. The van der Waals surface area contributed by atoms with Crippen LogP contribution in [-0.4, -0.2) is 24.7 Å². The van der Waals surface area contributed by atoms with E-state index in [9.17, 15) is 0 Å². The Balaban J connectivity index is 1.81. The third-order valence-electron chi connectivity index (χ3n) is 2.73. The van der Waals surface area contributed by atoms with Crippen molar-refractivity contribution < 1.29 is 4.74 Å². The van der Waals surface area contributed by atoms with Crippen LogP contribution in [0.5, 0.6) is 5.88 Å². The van der Waals surface area contributed by atoms with Crippen LogP contribution in [0.3, 0.4) is 0 Å². The molecule has 1 aromatic rings. The number of aromatic nitrogens is 1. The van der Waals surface area contributed by atoms with Gasteiger partial charge >= 0.3 is 0 Å². The Kier molecular flexibility index (Phi) is 3.56. The molecule has 2 heterocycles. The van der Waals surface area contributed by atoms with Gasteiger partial charge in [-0.25, -0.2) is 4.98 Å². The normalized spacial score (nSPS) is 21.3. The summed E-state index contributed by atoms with van der Waals surface area (Å²) in [4.78, 5) is 4.31. The number of nitrogens with one attached hydrogen (secondary N) is 1. The Morgan fingerprint density at radius 3 is 3.20 bits per heavy atom. The zero-order chi connectivity index (χ0) is 10.5. The van der Waals surface area contributed by atoms with Crippen LogP contribution in [0.2, 0.25) is 0 Å². The van der Waals surface area contributed by atoms with E-state index in [1.165, 1.54) is 12.8 Å². The Morgan fingerprint density at radius 2 is 2.47 bits per heavy atom. The van der Waals surface area contributed by atoms with E-state index in [0.717, 1.165) is 31.3 Å². The molecule has 0 saturated carbocycles. The summed E-state index contributed by atoms with van der Waals surface area (Å²) in [6, 6.07) is 5.88. The second kappa shape index (κ2) is 5.12. The molecule has 0 amide bonds. The maximum absolute atomic E-state index is 5.68. The number of aryl methyl sites for hydroxylation is 1. The topological polar surface area (TPSA) is 34.1 Å². The zero-order valence-electron chi connectivity index (χ0n) is 9.20. The fourth-order valence-electron chi connectivity index (χ4n) is 1.87. The highest BCUT2D eigenvalue weighted by atomic mass is 16.5. The van der Waals surface area contributed by atoms with Gasteiger partial charge in [0.2, 0.25) is 5.88 Å². The highest BCUT2D eigenvalue weighted by Crippen LogP contribution is 2.13. The third-order valence-corrected chi connectivity index (χ3v) is 2.73. The summed E-state index contributed by atoms with van der Waals surface area (Å²) in [7, 11) is 0. The molecule has 3 nitrogen and oxygen atoms in total. The monoisotopic (exact) mass is 206 g/mol. The molecule has 1 fully saturated rings. The van der Waals surface area contributed by atoms with Crippen molar-refractivity contribution in [2.24, 2.45) is 5.92 Å². The maximum atomic E-state index is 5.68. The molecule has 1 atom stereocenters. The first-order chi connectivity index (χ1) is 7.34. The smallest absolute Gasteiger partial charge is 0.213 e. The number of hydrogen-bond donors (Lipinski definition) is 1. The zero-order valence-corrected chi connectivity index (χ0v) is 9.20. The fraction of sp³-hybridized carbons (Fsp3) is 0.583. The molecule has 1 unspecified atom stereocenters.